The molecule has 0 spiro atoms. The van der Waals surface area contributed by atoms with E-state index in [1.54, 1.807) is 14.2 Å². The van der Waals surface area contributed by atoms with Crippen molar-refractivity contribution in [3.8, 4) is 0 Å². The molecule has 0 aliphatic rings. The van der Waals surface area contributed by atoms with Crippen LogP contribution in [0.4, 0.5) is 0 Å². The normalized spacial score (nSPS) is 14.9. The van der Waals surface area contributed by atoms with Crippen LogP contribution in [0.1, 0.15) is 18.5 Å². The Bertz CT molecular complexity index is 301. The molecule has 0 saturated carbocycles. The smallest absolute Gasteiger partial charge is 0.171 e. The van der Waals surface area contributed by atoms with E-state index in [9.17, 15) is 5.11 Å². The Kier molecular flexibility index (Phi) is 6.15. The van der Waals surface area contributed by atoms with Crippen LogP contribution >= 0.6 is 0 Å². The molecule has 0 bridgehead atoms. The zero-order chi connectivity index (χ0) is 12.7. The minimum Gasteiger partial charge on any atom is -0.394 e. The lowest BCUT2D eigenvalue weighted by Gasteiger charge is -2.27. The van der Waals surface area contributed by atoms with Crippen LogP contribution in [0.5, 0.6) is 0 Å². The standard InChI is InChI=1S/C13H21NO3/c1-10(13(16-2)17-3)14-12(9-15)11-7-5-4-6-8-11/h4-8,10,12-15H,9H2,1-3H3/t10?,12-/m1/s1. The summed E-state index contributed by atoms with van der Waals surface area (Å²) in [5.74, 6) is 0. The van der Waals surface area contributed by atoms with Crippen molar-refractivity contribution in [1.82, 2.24) is 5.32 Å². The average Bonchev–Trinajstić information content (AvgIpc) is 2.38. The van der Waals surface area contributed by atoms with Gasteiger partial charge in [-0.1, -0.05) is 30.3 Å². The minimum absolute atomic E-state index is 0.0117. The molecule has 0 aromatic heterocycles. The van der Waals surface area contributed by atoms with Crippen LogP contribution in [0, 0.1) is 0 Å². The van der Waals surface area contributed by atoms with Crippen LogP contribution in [0.3, 0.4) is 0 Å². The van der Waals surface area contributed by atoms with Gasteiger partial charge in [0.25, 0.3) is 0 Å². The molecule has 0 saturated heterocycles. The summed E-state index contributed by atoms with van der Waals surface area (Å²) in [6.07, 6.45) is -0.326. The number of hydrogen-bond donors (Lipinski definition) is 2. The van der Waals surface area contributed by atoms with Crippen molar-refractivity contribution in [2.45, 2.75) is 25.3 Å². The highest BCUT2D eigenvalue weighted by atomic mass is 16.7. The van der Waals surface area contributed by atoms with Crippen molar-refractivity contribution in [3.63, 3.8) is 0 Å². The van der Waals surface area contributed by atoms with E-state index >= 15 is 0 Å². The van der Waals surface area contributed by atoms with E-state index in [4.69, 9.17) is 9.47 Å². The van der Waals surface area contributed by atoms with E-state index in [0.29, 0.717) is 0 Å². The number of aliphatic hydroxyl groups is 1. The zero-order valence-corrected chi connectivity index (χ0v) is 10.6. The molecule has 2 atom stereocenters. The summed E-state index contributed by atoms with van der Waals surface area (Å²) in [6, 6.07) is 9.70. The van der Waals surface area contributed by atoms with Crippen molar-refractivity contribution in [2.75, 3.05) is 20.8 Å². The highest BCUT2D eigenvalue weighted by Gasteiger charge is 2.20. The van der Waals surface area contributed by atoms with Gasteiger partial charge in [0, 0.05) is 14.2 Å². The van der Waals surface area contributed by atoms with Crippen LogP contribution in [-0.2, 0) is 9.47 Å². The number of benzene rings is 1. The van der Waals surface area contributed by atoms with Gasteiger partial charge in [-0.25, -0.2) is 0 Å². The SMILES string of the molecule is COC(OC)C(C)N[C@H](CO)c1ccccc1. The third kappa shape index (κ3) is 4.09. The summed E-state index contributed by atoms with van der Waals surface area (Å²) in [6.45, 7) is 2.00. The monoisotopic (exact) mass is 239 g/mol. The van der Waals surface area contributed by atoms with Crippen LogP contribution in [-0.4, -0.2) is 38.3 Å². The highest BCUT2D eigenvalue weighted by molar-refractivity contribution is 5.19. The zero-order valence-electron chi connectivity index (χ0n) is 10.6. The first-order valence-electron chi connectivity index (χ1n) is 5.70. The van der Waals surface area contributed by atoms with Gasteiger partial charge in [-0.15, -0.1) is 0 Å². The van der Waals surface area contributed by atoms with E-state index in [-0.39, 0.29) is 25.0 Å². The molecule has 0 radical (unpaired) electrons. The fourth-order valence-electron chi connectivity index (χ4n) is 1.84. The van der Waals surface area contributed by atoms with Gasteiger partial charge in [0.1, 0.15) is 0 Å². The van der Waals surface area contributed by atoms with Gasteiger partial charge < -0.3 is 19.9 Å². The van der Waals surface area contributed by atoms with Crippen molar-refractivity contribution < 1.29 is 14.6 Å². The molecule has 96 valence electrons. The largest absolute Gasteiger partial charge is 0.394 e. The molecule has 1 aromatic carbocycles. The summed E-state index contributed by atoms with van der Waals surface area (Å²) in [7, 11) is 3.20. The molecule has 0 heterocycles. The fourth-order valence-corrected chi connectivity index (χ4v) is 1.84. The summed E-state index contributed by atoms with van der Waals surface area (Å²) in [5.41, 5.74) is 1.05. The molecule has 0 fully saturated rings. The van der Waals surface area contributed by atoms with Crippen LogP contribution < -0.4 is 5.32 Å². The number of ether oxygens (including phenoxy) is 2. The maximum absolute atomic E-state index is 9.41. The van der Waals surface area contributed by atoms with E-state index in [0.717, 1.165) is 5.56 Å². The molecule has 1 rings (SSSR count). The van der Waals surface area contributed by atoms with Gasteiger partial charge in [-0.3, -0.25) is 0 Å². The lowest BCUT2D eigenvalue weighted by Crippen LogP contribution is -2.42. The van der Waals surface area contributed by atoms with Gasteiger partial charge in [0.15, 0.2) is 6.29 Å². The third-order valence-corrected chi connectivity index (χ3v) is 2.72. The predicted octanol–water partition coefficient (Wildman–Crippen LogP) is 1.32. The van der Waals surface area contributed by atoms with Gasteiger partial charge >= 0.3 is 0 Å². The first-order valence-corrected chi connectivity index (χ1v) is 5.70. The third-order valence-electron chi connectivity index (χ3n) is 2.72. The van der Waals surface area contributed by atoms with Crippen LogP contribution in [0.15, 0.2) is 30.3 Å². The van der Waals surface area contributed by atoms with Crippen molar-refractivity contribution in [2.24, 2.45) is 0 Å². The lowest BCUT2D eigenvalue weighted by atomic mass is 10.1. The number of nitrogens with one attached hydrogen (secondary N) is 1. The van der Waals surface area contributed by atoms with Crippen molar-refractivity contribution in [3.05, 3.63) is 35.9 Å². The second-order valence-electron chi connectivity index (χ2n) is 3.94. The molecule has 17 heavy (non-hydrogen) atoms. The molecular formula is C13H21NO3. The van der Waals surface area contributed by atoms with Gasteiger partial charge in [-0.05, 0) is 12.5 Å². The highest BCUT2D eigenvalue weighted by Crippen LogP contribution is 2.13. The Hall–Kier alpha value is -0.940. The van der Waals surface area contributed by atoms with Crippen molar-refractivity contribution >= 4 is 0 Å². The lowest BCUT2D eigenvalue weighted by molar-refractivity contribution is -0.121. The quantitative estimate of drug-likeness (QED) is 0.705. The second kappa shape index (κ2) is 7.40. The molecule has 0 aliphatic carbocycles. The first kappa shape index (κ1) is 14.1. The van der Waals surface area contributed by atoms with Gasteiger partial charge in [0.2, 0.25) is 0 Å². The topological polar surface area (TPSA) is 50.7 Å². The number of methoxy groups -OCH3 is 2. The predicted molar refractivity (Wildman–Crippen MR) is 66.7 cm³/mol. The van der Waals surface area contributed by atoms with E-state index in [2.05, 4.69) is 5.32 Å². The Morgan fingerprint density at radius 3 is 2.24 bits per heavy atom. The van der Waals surface area contributed by atoms with Gasteiger partial charge in [0.05, 0.1) is 18.7 Å². The van der Waals surface area contributed by atoms with E-state index in [1.165, 1.54) is 0 Å². The Balaban J connectivity index is 2.64. The molecule has 1 aromatic rings. The minimum atomic E-state index is -0.326. The molecule has 4 nitrogen and oxygen atoms in total. The second-order valence-corrected chi connectivity index (χ2v) is 3.94. The maximum Gasteiger partial charge on any atom is 0.171 e. The number of aliphatic hydroxyl groups excluding tert-OH is 1. The van der Waals surface area contributed by atoms with Crippen molar-refractivity contribution in [1.29, 1.82) is 0 Å². The molecule has 0 amide bonds. The summed E-state index contributed by atoms with van der Waals surface area (Å²) in [4.78, 5) is 0. The molecule has 4 heteroatoms. The first-order chi connectivity index (χ1) is 8.22. The molecule has 1 unspecified atom stereocenters. The van der Waals surface area contributed by atoms with Crippen LogP contribution in [0.25, 0.3) is 0 Å². The van der Waals surface area contributed by atoms with Gasteiger partial charge in [-0.2, -0.15) is 0 Å². The number of rotatable bonds is 7. The van der Waals surface area contributed by atoms with Crippen LogP contribution in [0.2, 0.25) is 0 Å². The Labute approximate surface area is 103 Å². The van der Waals surface area contributed by atoms with E-state index < -0.39 is 0 Å². The summed E-state index contributed by atoms with van der Waals surface area (Å²) in [5, 5.41) is 12.7. The maximum atomic E-state index is 9.41. The average molecular weight is 239 g/mol. The Morgan fingerprint density at radius 1 is 1.18 bits per heavy atom. The summed E-state index contributed by atoms with van der Waals surface area (Å²) >= 11 is 0. The van der Waals surface area contributed by atoms with E-state index in [1.807, 2.05) is 37.3 Å². The summed E-state index contributed by atoms with van der Waals surface area (Å²) < 4.78 is 10.4. The number of hydrogen-bond acceptors (Lipinski definition) is 4. The molecular weight excluding hydrogens is 218 g/mol. The molecule has 0 aliphatic heterocycles. The fraction of sp³-hybridized carbons (Fsp3) is 0.538. The molecule has 2 N–H and O–H groups in total. The Morgan fingerprint density at radius 2 is 1.76 bits per heavy atom.